The van der Waals surface area contributed by atoms with Gasteiger partial charge in [0, 0.05) is 17.7 Å². The molecule has 1 aliphatic heterocycles. The van der Waals surface area contributed by atoms with Crippen molar-refractivity contribution in [1.29, 1.82) is 0 Å². The highest BCUT2D eigenvalue weighted by atomic mass is 16.7. The van der Waals surface area contributed by atoms with E-state index in [2.05, 4.69) is 10.5 Å². The first-order valence-electron chi connectivity index (χ1n) is 9.59. The molecule has 3 aromatic rings. The number of oxime groups is 1. The van der Waals surface area contributed by atoms with Crippen LogP contribution in [0.4, 0.5) is 5.69 Å². The molecule has 31 heavy (non-hydrogen) atoms. The van der Waals surface area contributed by atoms with Gasteiger partial charge in [-0.2, -0.15) is 0 Å². The minimum absolute atomic E-state index is 0.0690. The first-order valence-corrected chi connectivity index (χ1v) is 9.59. The molecule has 0 spiro atoms. The number of nitrogens with one attached hydrogen (secondary N) is 1. The number of benzene rings is 2. The Morgan fingerprint density at radius 1 is 1.10 bits per heavy atom. The number of hydrogen-bond donors (Lipinski definition) is 2. The third-order valence-electron chi connectivity index (χ3n) is 5.02. The molecule has 0 fully saturated rings. The van der Waals surface area contributed by atoms with Gasteiger partial charge in [0.05, 0.1) is 12.8 Å². The Morgan fingerprint density at radius 3 is 2.55 bits per heavy atom. The minimum atomic E-state index is -1.14. The van der Waals surface area contributed by atoms with Crippen LogP contribution >= 0.6 is 0 Å². The van der Waals surface area contributed by atoms with Crippen LogP contribution in [0.25, 0.3) is 11.3 Å². The Kier molecular flexibility index (Phi) is 5.21. The van der Waals surface area contributed by atoms with Crippen molar-refractivity contribution >= 4 is 23.2 Å². The molecule has 2 amide bonds. The first kappa shape index (κ1) is 20.2. The van der Waals surface area contributed by atoms with E-state index in [1.54, 1.807) is 44.4 Å². The van der Waals surface area contributed by atoms with Gasteiger partial charge in [0.15, 0.2) is 5.76 Å². The predicted octanol–water partition coefficient (Wildman–Crippen LogP) is 3.58. The Bertz CT molecular complexity index is 1170. The summed E-state index contributed by atoms with van der Waals surface area (Å²) in [5, 5.41) is 6.98. The van der Waals surface area contributed by atoms with Gasteiger partial charge >= 0.3 is 0 Å². The van der Waals surface area contributed by atoms with E-state index in [1.807, 2.05) is 24.3 Å². The molecule has 0 aliphatic carbocycles. The number of hydrogen-bond acceptors (Lipinski definition) is 6. The quantitative estimate of drug-likeness (QED) is 0.634. The van der Waals surface area contributed by atoms with E-state index in [-0.39, 0.29) is 11.7 Å². The molecule has 0 saturated heterocycles. The van der Waals surface area contributed by atoms with Crippen molar-refractivity contribution in [1.82, 2.24) is 0 Å². The van der Waals surface area contributed by atoms with Gasteiger partial charge in [0.2, 0.25) is 5.60 Å². The zero-order chi connectivity index (χ0) is 22.0. The van der Waals surface area contributed by atoms with Crippen LogP contribution in [0.15, 0.2) is 70.2 Å². The van der Waals surface area contributed by atoms with E-state index in [4.69, 9.17) is 19.7 Å². The summed E-state index contributed by atoms with van der Waals surface area (Å²) in [7, 11) is 1.60. The van der Waals surface area contributed by atoms with Crippen LogP contribution in [0.5, 0.6) is 5.75 Å². The number of primary amides is 1. The number of amides is 2. The van der Waals surface area contributed by atoms with Crippen molar-refractivity contribution in [2.24, 2.45) is 10.9 Å². The second-order valence-corrected chi connectivity index (χ2v) is 7.33. The maximum Gasteiger partial charge on any atom is 0.284 e. The molecule has 3 N–H and O–H groups in total. The Labute approximate surface area is 178 Å². The zero-order valence-electron chi connectivity index (χ0n) is 17.0. The predicted molar refractivity (Wildman–Crippen MR) is 115 cm³/mol. The van der Waals surface area contributed by atoms with E-state index >= 15 is 0 Å². The molecule has 8 heteroatoms. The van der Waals surface area contributed by atoms with Gasteiger partial charge < -0.3 is 25.0 Å². The van der Waals surface area contributed by atoms with Crippen LogP contribution in [-0.2, 0) is 9.63 Å². The van der Waals surface area contributed by atoms with Crippen LogP contribution in [-0.4, -0.2) is 30.2 Å². The number of anilines is 1. The fraction of sp³-hybridized carbons (Fsp3) is 0.174. The van der Waals surface area contributed by atoms with Gasteiger partial charge in [-0.25, -0.2) is 0 Å². The summed E-state index contributed by atoms with van der Waals surface area (Å²) >= 11 is 0. The fourth-order valence-corrected chi connectivity index (χ4v) is 3.24. The van der Waals surface area contributed by atoms with E-state index < -0.39 is 11.5 Å². The normalized spacial score (nSPS) is 17.5. The molecule has 1 unspecified atom stereocenters. The summed E-state index contributed by atoms with van der Waals surface area (Å²) in [6, 6.07) is 17.6. The van der Waals surface area contributed by atoms with Crippen LogP contribution < -0.4 is 15.8 Å². The van der Waals surface area contributed by atoms with Crippen molar-refractivity contribution in [3.05, 3.63) is 72.0 Å². The average Bonchev–Trinajstić information content (AvgIpc) is 3.42. The summed E-state index contributed by atoms with van der Waals surface area (Å²) < 4.78 is 10.6. The lowest BCUT2D eigenvalue weighted by Gasteiger charge is -2.20. The molecular weight excluding hydrogens is 398 g/mol. The molecule has 1 aliphatic rings. The highest BCUT2D eigenvalue weighted by Gasteiger charge is 2.42. The third kappa shape index (κ3) is 4.13. The van der Waals surface area contributed by atoms with Gasteiger partial charge in [-0.3, -0.25) is 9.59 Å². The highest BCUT2D eigenvalue weighted by molar-refractivity contribution is 6.08. The SMILES string of the molecule is COc1ccc(C2=NOC(C)(C(=O)Nc3cccc(-c4ccc(C(N)=O)o4)c3)C2)cc1. The van der Waals surface area contributed by atoms with Gasteiger partial charge in [-0.1, -0.05) is 17.3 Å². The summed E-state index contributed by atoms with van der Waals surface area (Å²) in [5.74, 6) is 0.310. The molecule has 2 heterocycles. The lowest BCUT2D eigenvalue weighted by atomic mass is 9.95. The molecule has 0 radical (unpaired) electrons. The lowest BCUT2D eigenvalue weighted by molar-refractivity contribution is -0.135. The second-order valence-electron chi connectivity index (χ2n) is 7.33. The van der Waals surface area contributed by atoms with Crippen LogP contribution in [0.3, 0.4) is 0 Å². The van der Waals surface area contributed by atoms with Gasteiger partial charge in [-0.15, -0.1) is 0 Å². The van der Waals surface area contributed by atoms with E-state index in [0.29, 0.717) is 29.1 Å². The molecule has 1 atom stereocenters. The number of furan rings is 1. The highest BCUT2D eigenvalue weighted by Crippen LogP contribution is 2.30. The lowest BCUT2D eigenvalue weighted by Crippen LogP contribution is -2.40. The maximum atomic E-state index is 12.9. The molecule has 8 nitrogen and oxygen atoms in total. The average molecular weight is 419 g/mol. The summed E-state index contributed by atoms with van der Waals surface area (Å²) in [6.07, 6.45) is 0.324. The van der Waals surface area contributed by atoms with Crippen molar-refractivity contribution in [3.8, 4) is 17.1 Å². The monoisotopic (exact) mass is 419 g/mol. The zero-order valence-corrected chi connectivity index (χ0v) is 17.0. The van der Waals surface area contributed by atoms with Gasteiger partial charge in [0.25, 0.3) is 11.8 Å². The maximum absolute atomic E-state index is 12.9. The van der Waals surface area contributed by atoms with Crippen LogP contribution in [0.2, 0.25) is 0 Å². The Balaban J connectivity index is 1.46. The smallest absolute Gasteiger partial charge is 0.284 e. The molecule has 2 aromatic carbocycles. The minimum Gasteiger partial charge on any atom is -0.497 e. The molecule has 0 saturated carbocycles. The molecule has 158 valence electrons. The third-order valence-corrected chi connectivity index (χ3v) is 5.02. The number of methoxy groups -OCH3 is 1. The molecule has 0 bridgehead atoms. The number of rotatable bonds is 6. The largest absolute Gasteiger partial charge is 0.497 e. The van der Waals surface area contributed by atoms with Crippen molar-refractivity contribution in [3.63, 3.8) is 0 Å². The van der Waals surface area contributed by atoms with E-state index in [9.17, 15) is 9.59 Å². The number of nitrogens with zero attached hydrogens (tertiary/aromatic N) is 1. The molecule has 1 aromatic heterocycles. The standard InChI is InChI=1S/C23H21N3O5/c1-23(13-18(26-31-23)14-6-8-17(29-2)9-7-14)22(28)25-16-5-3-4-15(12-16)19-10-11-20(30-19)21(24)27/h3-12H,13H2,1-2H3,(H2,24,27)(H,25,28). The van der Waals surface area contributed by atoms with Gasteiger partial charge in [0.1, 0.15) is 11.5 Å². The first-order chi connectivity index (χ1) is 14.9. The van der Waals surface area contributed by atoms with E-state index in [0.717, 1.165) is 11.3 Å². The fourth-order valence-electron chi connectivity index (χ4n) is 3.24. The Hall–Kier alpha value is -4.07. The summed E-state index contributed by atoms with van der Waals surface area (Å²) in [4.78, 5) is 29.7. The topological polar surface area (TPSA) is 116 Å². The van der Waals surface area contributed by atoms with Crippen LogP contribution in [0.1, 0.15) is 29.5 Å². The number of nitrogens with two attached hydrogens (primary N) is 1. The van der Waals surface area contributed by atoms with Crippen molar-refractivity contribution in [2.45, 2.75) is 18.9 Å². The van der Waals surface area contributed by atoms with Crippen molar-refractivity contribution in [2.75, 3.05) is 12.4 Å². The number of ether oxygens (including phenoxy) is 1. The second kappa shape index (κ2) is 7.98. The van der Waals surface area contributed by atoms with Crippen molar-refractivity contribution < 1.29 is 23.6 Å². The number of carbonyl (C=O) groups excluding carboxylic acids is 2. The molecule has 4 rings (SSSR count). The number of carbonyl (C=O) groups is 2. The van der Waals surface area contributed by atoms with Gasteiger partial charge in [-0.05, 0) is 61.0 Å². The molecular formula is C23H21N3O5. The summed E-state index contributed by atoms with van der Waals surface area (Å²) in [6.45, 7) is 1.69. The van der Waals surface area contributed by atoms with Crippen LogP contribution in [0, 0.1) is 0 Å². The Morgan fingerprint density at radius 2 is 1.87 bits per heavy atom. The summed E-state index contributed by atoms with van der Waals surface area (Å²) in [5.41, 5.74) is 6.89. The van der Waals surface area contributed by atoms with E-state index in [1.165, 1.54) is 6.07 Å².